The Morgan fingerprint density at radius 1 is 1.12 bits per heavy atom. The molecule has 0 aliphatic rings. The molecule has 2 rings (SSSR count). The van der Waals surface area contributed by atoms with Gasteiger partial charge in [-0.3, -0.25) is 4.79 Å². The Morgan fingerprint density at radius 3 is 2.33 bits per heavy atom. The lowest BCUT2D eigenvalue weighted by molar-refractivity contribution is -0.123. The Morgan fingerprint density at radius 2 is 1.75 bits per heavy atom. The summed E-state index contributed by atoms with van der Waals surface area (Å²) >= 11 is 0. The summed E-state index contributed by atoms with van der Waals surface area (Å²) in [7, 11) is 0. The molecule has 2 aromatic carbocycles. The van der Waals surface area contributed by atoms with Gasteiger partial charge >= 0.3 is 0 Å². The van der Waals surface area contributed by atoms with E-state index in [0.717, 1.165) is 5.56 Å². The Kier molecular flexibility index (Phi) is 5.58. The molecule has 2 N–H and O–H groups in total. The van der Waals surface area contributed by atoms with E-state index in [1.54, 1.807) is 24.3 Å². The molecule has 0 saturated carbocycles. The van der Waals surface area contributed by atoms with E-state index in [2.05, 4.69) is 31.3 Å². The van der Waals surface area contributed by atoms with Crippen LogP contribution in [0.2, 0.25) is 0 Å². The Balaban J connectivity index is 1.79. The van der Waals surface area contributed by atoms with Gasteiger partial charge < -0.3 is 9.84 Å². The van der Waals surface area contributed by atoms with E-state index in [1.807, 2.05) is 24.3 Å². The fourth-order valence-electron chi connectivity index (χ4n) is 1.97. The van der Waals surface area contributed by atoms with E-state index in [9.17, 15) is 9.90 Å². The smallest absolute Gasteiger partial charge is 0.277 e. The summed E-state index contributed by atoms with van der Waals surface area (Å²) in [4.78, 5) is 11.7. The van der Waals surface area contributed by atoms with Crippen molar-refractivity contribution in [3.05, 3.63) is 59.7 Å². The van der Waals surface area contributed by atoms with Crippen LogP contribution in [-0.2, 0) is 10.2 Å². The zero-order valence-electron chi connectivity index (χ0n) is 14.1. The second-order valence-electron chi connectivity index (χ2n) is 6.45. The van der Waals surface area contributed by atoms with Gasteiger partial charge in [0.25, 0.3) is 5.91 Å². The van der Waals surface area contributed by atoms with Crippen molar-refractivity contribution in [2.45, 2.75) is 26.2 Å². The van der Waals surface area contributed by atoms with Crippen LogP contribution in [0.3, 0.4) is 0 Å². The third-order valence-corrected chi connectivity index (χ3v) is 3.39. The number of rotatable bonds is 5. The highest BCUT2D eigenvalue weighted by Gasteiger charge is 2.13. The van der Waals surface area contributed by atoms with Gasteiger partial charge in [0.2, 0.25) is 0 Å². The number of hydrogen-bond acceptors (Lipinski definition) is 4. The molecule has 0 aliphatic carbocycles. The lowest BCUT2D eigenvalue weighted by atomic mass is 9.87. The minimum Gasteiger partial charge on any atom is -0.508 e. The van der Waals surface area contributed by atoms with Crippen molar-refractivity contribution in [1.82, 2.24) is 5.43 Å². The van der Waals surface area contributed by atoms with Crippen LogP contribution in [0.25, 0.3) is 0 Å². The van der Waals surface area contributed by atoms with Crippen LogP contribution in [0, 0.1) is 0 Å². The second-order valence-corrected chi connectivity index (χ2v) is 6.45. The van der Waals surface area contributed by atoms with Gasteiger partial charge in [0, 0.05) is 0 Å². The molecule has 0 spiro atoms. The highest BCUT2D eigenvalue weighted by Crippen LogP contribution is 2.24. The van der Waals surface area contributed by atoms with Crippen LogP contribution in [-0.4, -0.2) is 23.8 Å². The highest BCUT2D eigenvalue weighted by atomic mass is 16.5. The average Bonchev–Trinajstić information content (AvgIpc) is 2.54. The largest absolute Gasteiger partial charge is 0.508 e. The van der Waals surface area contributed by atoms with Gasteiger partial charge in [-0.05, 0) is 52.9 Å². The first kappa shape index (κ1) is 17.5. The van der Waals surface area contributed by atoms with Crippen LogP contribution in [0.4, 0.5) is 0 Å². The Labute approximate surface area is 142 Å². The monoisotopic (exact) mass is 326 g/mol. The number of benzene rings is 2. The number of carbonyl (C=O) groups excluding carboxylic acids is 1. The first-order valence-electron chi connectivity index (χ1n) is 7.69. The molecule has 0 atom stereocenters. The SMILES string of the molecule is CC(C)(C)c1ccc(OCC(=O)N/N=C\c2ccc(O)cc2)cc1. The molecule has 5 nitrogen and oxygen atoms in total. The molecule has 2 aromatic rings. The number of hydrazone groups is 1. The van der Waals surface area contributed by atoms with Gasteiger partial charge in [-0.15, -0.1) is 0 Å². The minimum absolute atomic E-state index is 0.0822. The Hall–Kier alpha value is -2.82. The molecule has 0 heterocycles. The first-order valence-corrected chi connectivity index (χ1v) is 7.69. The van der Waals surface area contributed by atoms with E-state index in [-0.39, 0.29) is 23.7 Å². The van der Waals surface area contributed by atoms with Crippen LogP contribution in [0.15, 0.2) is 53.6 Å². The fraction of sp³-hybridized carbons (Fsp3) is 0.263. The molecule has 0 bridgehead atoms. The van der Waals surface area contributed by atoms with Crippen molar-refractivity contribution >= 4 is 12.1 Å². The quantitative estimate of drug-likeness (QED) is 0.654. The number of nitrogens with zero attached hydrogens (tertiary/aromatic N) is 1. The Bertz CT molecular complexity index is 699. The third-order valence-electron chi connectivity index (χ3n) is 3.39. The summed E-state index contributed by atoms with van der Waals surface area (Å²) in [5.41, 5.74) is 4.45. The van der Waals surface area contributed by atoms with E-state index in [0.29, 0.717) is 5.75 Å². The lowest BCUT2D eigenvalue weighted by Gasteiger charge is -2.19. The normalized spacial score (nSPS) is 11.5. The number of ether oxygens (including phenoxy) is 1. The maximum Gasteiger partial charge on any atom is 0.277 e. The van der Waals surface area contributed by atoms with Crippen LogP contribution >= 0.6 is 0 Å². The van der Waals surface area contributed by atoms with Crippen molar-refractivity contribution in [2.75, 3.05) is 6.61 Å². The summed E-state index contributed by atoms with van der Waals surface area (Å²) in [6, 6.07) is 14.2. The van der Waals surface area contributed by atoms with E-state index in [4.69, 9.17) is 4.74 Å². The third kappa shape index (κ3) is 5.43. The van der Waals surface area contributed by atoms with Crippen molar-refractivity contribution < 1.29 is 14.6 Å². The molecule has 24 heavy (non-hydrogen) atoms. The minimum atomic E-state index is -0.343. The van der Waals surface area contributed by atoms with Crippen molar-refractivity contribution in [1.29, 1.82) is 0 Å². The van der Waals surface area contributed by atoms with Gasteiger partial charge in [0.05, 0.1) is 6.21 Å². The lowest BCUT2D eigenvalue weighted by Crippen LogP contribution is -2.24. The summed E-state index contributed by atoms with van der Waals surface area (Å²) in [6.45, 7) is 6.31. The summed E-state index contributed by atoms with van der Waals surface area (Å²) < 4.78 is 5.43. The predicted octanol–water partition coefficient (Wildman–Crippen LogP) is 3.22. The number of nitrogens with one attached hydrogen (secondary N) is 1. The maximum atomic E-state index is 11.7. The van der Waals surface area contributed by atoms with Gasteiger partial charge in [-0.1, -0.05) is 32.9 Å². The number of aromatic hydroxyl groups is 1. The van der Waals surface area contributed by atoms with Crippen LogP contribution in [0.1, 0.15) is 31.9 Å². The predicted molar refractivity (Wildman–Crippen MR) is 94.5 cm³/mol. The molecule has 0 radical (unpaired) electrons. The molecule has 126 valence electrons. The summed E-state index contributed by atoms with van der Waals surface area (Å²) in [5, 5.41) is 13.0. The number of phenols is 1. The van der Waals surface area contributed by atoms with Gasteiger partial charge in [0.15, 0.2) is 6.61 Å². The molecule has 5 heteroatoms. The fourth-order valence-corrected chi connectivity index (χ4v) is 1.97. The number of amides is 1. The topological polar surface area (TPSA) is 70.9 Å². The number of phenolic OH excluding ortho intramolecular Hbond substituents is 1. The molecule has 0 aromatic heterocycles. The molecule has 0 saturated heterocycles. The second kappa shape index (κ2) is 7.64. The summed E-state index contributed by atoms with van der Waals surface area (Å²) in [5.74, 6) is 0.479. The van der Waals surface area contributed by atoms with Gasteiger partial charge in [0.1, 0.15) is 11.5 Å². The number of carbonyl (C=O) groups is 1. The zero-order chi connectivity index (χ0) is 17.6. The zero-order valence-corrected chi connectivity index (χ0v) is 14.1. The standard InChI is InChI=1S/C19H22N2O3/c1-19(2,3)15-6-10-17(11-7-15)24-13-18(23)21-20-12-14-4-8-16(22)9-5-14/h4-12,22H,13H2,1-3H3,(H,21,23)/b20-12-. The van der Waals surface area contributed by atoms with Gasteiger partial charge in [-0.25, -0.2) is 5.43 Å². The van der Waals surface area contributed by atoms with Gasteiger partial charge in [-0.2, -0.15) is 5.10 Å². The van der Waals surface area contributed by atoms with Crippen molar-refractivity contribution in [3.63, 3.8) is 0 Å². The molecular weight excluding hydrogens is 304 g/mol. The maximum absolute atomic E-state index is 11.7. The molecule has 0 fully saturated rings. The first-order chi connectivity index (χ1) is 11.3. The van der Waals surface area contributed by atoms with Crippen LogP contribution < -0.4 is 10.2 Å². The van der Waals surface area contributed by atoms with Crippen LogP contribution in [0.5, 0.6) is 11.5 Å². The average molecular weight is 326 g/mol. The van der Waals surface area contributed by atoms with E-state index in [1.165, 1.54) is 11.8 Å². The van der Waals surface area contributed by atoms with Crippen molar-refractivity contribution in [2.24, 2.45) is 5.10 Å². The molecule has 0 aliphatic heterocycles. The highest BCUT2D eigenvalue weighted by molar-refractivity contribution is 5.83. The van der Waals surface area contributed by atoms with E-state index < -0.39 is 0 Å². The molecule has 0 unspecified atom stereocenters. The van der Waals surface area contributed by atoms with E-state index >= 15 is 0 Å². The molecular formula is C19H22N2O3. The van der Waals surface area contributed by atoms with Crippen molar-refractivity contribution in [3.8, 4) is 11.5 Å². The number of hydrogen-bond donors (Lipinski definition) is 2. The molecule has 1 amide bonds. The summed E-state index contributed by atoms with van der Waals surface area (Å²) in [6.07, 6.45) is 1.50.